The van der Waals surface area contributed by atoms with E-state index in [9.17, 15) is 9.50 Å². The summed E-state index contributed by atoms with van der Waals surface area (Å²) in [6.07, 6.45) is 2.28. The van der Waals surface area contributed by atoms with Crippen LogP contribution < -0.4 is 15.2 Å². The minimum absolute atomic E-state index is 0.000585. The van der Waals surface area contributed by atoms with E-state index in [0.29, 0.717) is 30.9 Å². The van der Waals surface area contributed by atoms with Crippen LogP contribution in [0.4, 0.5) is 4.39 Å². The van der Waals surface area contributed by atoms with Crippen LogP contribution in [-0.2, 0) is 6.42 Å². The second-order valence-electron chi connectivity index (χ2n) is 4.76. The second-order valence-corrected chi connectivity index (χ2v) is 4.76. The van der Waals surface area contributed by atoms with E-state index in [1.54, 1.807) is 6.07 Å². The highest BCUT2D eigenvalue weighted by atomic mass is 19.1. The van der Waals surface area contributed by atoms with E-state index < -0.39 is 5.82 Å². The lowest BCUT2D eigenvalue weighted by Crippen LogP contribution is -2.25. The molecule has 3 N–H and O–H groups in total. The lowest BCUT2D eigenvalue weighted by atomic mass is 10.0. The number of hydrogen-bond donors (Lipinski definition) is 2. The van der Waals surface area contributed by atoms with Crippen LogP contribution in [0.5, 0.6) is 17.2 Å². The highest BCUT2D eigenvalue weighted by Gasteiger charge is 2.39. The molecule has 1 saturated carbocycles. The van der Waals surface area contributed by atoms with Gasteiger partial charge in [-0.25, -0.2) is 0 Å². The van der Waals surface area contributed by atoms with E-state index in [0.717, 1.165) is 12.8 Å². The molecule has 1 aliphatic heterocycles. The van der Waals surface area contributed by atoms with Gasteiger partial charge in [-0.3, -0.25) is 0 Å². The topological polar surface area (TPSA) is 64.7 Å². The Kier molecular flexibility index (Phi) is 2.19. The zero-order valence-corrected chi connectivity index (χ0v) is 9.33. The summed E-state index contributed by atoms with van der Waals surface area (Å²) >= 11 is 0. The van der Waals surface area contributed by atoms with Crippen molar-refractivity contribution in [1.29, 1.82) is 0 Å². The summed E-state index contributed by atoms with van der Waals surface area (Å²) < 4.78 is 24.3. The van der Waals surface area contributed by atoms with Crippen molar-refractivity contribution in [3.8, 4) is 17.2 Å². The molecule has 5 heteroatoms. The largest absolute Gasteiger partial charge is 0.505 e. The summed E-state index contributed by atoms with van der Waals surface area (Å²) in [6, 6.07) is 1.62. The van der Waals surface area contributed by atoms with Gasteiger partial charge in [0.05, 0.1) is 0 Å². The van der Waals surface area contributed by atoms with Crippen LogP contribution >= 0.6 is 0 Å². The summed E-state index contributed by atoms with van der Waals surface area (Å²) in [4.78, 5) is 0. The lowest BCUT2D eigenvalue weighted by molar-refractivity contribution is 0.162. The van der Waals surface area contributed by atoms with Crippen LogP contribution in [0.3, 0.4) is 0 Å². The molecule has 0 spiro atoms. The standard InChI is InChI=1S/C12H14FNO3/c13-9-10(15)7(6-12(14)1-2-12)5-8-11(9)17-4-3-16-8/h5,15H,1-4,6,14H2. The molecular weight excluding hydrogens is 225 g/mol. The number of aromatic hydroxyl groups is 1. The van der Waals surface area contributed by atoms with Crippen molar-refractivity contribution in [1.82, 2.24) is 0 Å². The fraction of sp³-hybridized carbons (Fsp3) is 0.500. The first kappa shape index (κ1) is 10.7. The molecule has 1 heterocycles. The lowest BCUT2D eigenvalue weighted by Gasteiger charge is -2.21. The van der Waals surface area contributed by atoms with Crippen molar-refractivity contribution >= 4 is 0 Å². The predicted octanol–water partition coefficient (Wildman–Crippen LogP) is 1.34. The second kappa shape index (κ2) is 3.50. The Morgan fingerprint density at radius 1 is 1.35 bits per heavy atom. The number of hydrogen-bond acceptors (Lipinski definition) is 4. The molecule has 1 aromatic rings. The Labute approximate surface area is 98.1 Å². The van der Waals surface area contributed by atoms with Gasteiger partial charge < -0.3 is 20.3 Å². The average Bonchev–Trinajstić information content (AvgIpc) is 3.04. The summed E-state index contributed by atoms with van der Waals surface area (Å²) in [7, 11) is 0. The maximum absolute atomic E-state index is 13.8. The Morgan fingerprint density at radius 2 is 2.06 bits per heavy atom. The van der Waals surface area contributed by atoms with E-state index in [2.05, 4.69) is 0 Å². The number of ether oxygens (including phenoxy) is 2. The fourth-order valence-electron chi connectivity index (χ4n) is 2.04. The molecule has 2 aliphatic rings. The predicted molar refractivity (Wildman–Crippen MR) is 58.9 cm³/mol. The van der Waals surface area contributed by atoms with Crippen LogP contribution in [0.15, 0.2) is 6.07 Å². The van der Waals surface area contributed by atoms with Crippen LogP contribution in [0.1, 0.15) is 18.4 Å². The molecule has 17 heavy (non-hydrogen) atoms. The molecule has 1 aliphatic carbocycles. The number of benzene rings is 1. The molecule has 0 aromatic heterocycles. The molecule has 0 bridgehead atoms. The van der Waals surface area contributed by atoms with Gasteiger partial charge in [0.1, 0.15) is 13.2 Å². The van der Waals surface area contributed by atoms with Gasteiger partial charge in [-0.2, -0.15) is 4.39 Å². The van der Waals surface area contributed by atoms with Crippen LogP contribution in [0.25, 0.3) is 0 Å². The third-order valence-electron chi connectivity index (χ3n) is 3.26. The minimum Gasteiger partial charge on any atom is -0.505 e. The number of phenolic OH excluding ortho intramolecular Hbond substituents is 1. The molecule has 0 saturated heterocycles. The molecular formula is C12H14FNO3. The van der Waals surface area contributed by atoms with Crippen LogP contribution in [0.2, 0.25) is 0 Å². The third-order valence-corrected chi connectivity index (χ3v) is 3.26. The Hall–Kier alpha value is -1.49. The van der Waals surface area contributed by atoms with Gasteiger partial charge in [0.2, 0.25) is 11.6 Å². The van der Waals surface area contributed by atoms with Crippen molar-refractivity contribution in [3.05, 3.63) is 17.4 Å². The first-order valence-corrected chi connectivity index (χ1v) is 5.68. The molecule has 4 nitrogen and oxygen atoms in total. The quantitative estimate of drug-likeness (QED) is 0.817. The summed E-state index contributed by atoms with van der Waals surface area (Å²) in [5.74, 6) is -0.766. The maximum atomic E-state index is 13.8. The number of fused-ring (bicyclic) bond motifs is 1. The van der Waals surface area contributed by atoms with E-state index in [1.165, 1.54) is 0 Å². The van der Waals surface area contributed by atoms with Gasteiger partial charge in [-0.15, -0.1) is 0 Å². The number of phenols is 1. The molecule has 0 unspecified atom stereocenters. The highest BCUT2D eigenvalue weighted by Crippen LogP contribution is 2.44. The monoisotopic (exact) mass is 239 g/mol. The summed E-state index contributed by atoms with van der Waals surface area (Å²) in [6.45, 7) is 0.688. The number of rotatable bonds is 2. The van der Waals surface area contributed by atoms with E-state index in [4.69, 9.17) is 15.2 Å². The van der Waals surface area contributed by atoms with Crippen LogP contribution in [-0.4, -0.2) is 23.9 Å². The molecule has 0 amide bonds. The van der Waals surface area contributed by atoms with Crippen molar-refractivity contribution in [2.24, 2.45) is 5.73 Å². The smallest absolute Gasteiger partial charge is 0.210 e. The number of nitrogens with two attached hydrogens (primary N) is 1. The average molecular weight is 239 g/mol. The normalized spacial score (nSPS) is 20.1. The first-order chi connectivity index (χ1) is 8.09. The molecule has 0 atom stereocenters. The zero-order valence-electron chi connectivity index (χ0n) is 9.33. The molecule has 1 fully saturated rings. The van der Waals surface area contributed by atoms with Crippen molar-refractivity contribution in [3.63, 3.8) is 0 Å². The van der Waals surface area contributed by atoms with E-state index in [-0.39, 0.29) is 17.0 Å². The van der Waals surface area contributed by atoms with Gasteiger partial charge in [0.25, 0.3) is 0 Å². The Morgan fingerprint density at radius 3 is 2.76 bits per heavy atom. The zero-order chi connectivity index (χ0) is 12.0. The van der Waals surface area contributed by atoms with Crippen molar-refractivity contribution in [2.75, 3.05) is 13.2 Å². The Balaban J connectivity index is 2.01. The van der Waals surface area contributed by atoms with Gasteiger partial charge >= 0.3 is 0 Å². The van der Waals surface area contributed by atoms with Gasteiger partial charge in [-0.05, 0) is 25.3 Å². The van der Waals surface area contributed by atoms with Gasteiger partial charge in [0, 0.05) is 11.1 Å². The third kappa shape index (κ3) is 1.80. The minimum atomic E-state index is -0.749. The van der Waals surface area contributed by atoms with Gasteiger partial charge in [0.15, 0.2) is 11.5 Å². The first-order valence-electron chi connectivity index (χ1n) is 5.68. The SMILES string of the molecule is NC1(Cc2cc3c(c(F)c2O)OCCO3)CC1. The Bertz CT molecular complexity index is 471. The molecule has 3 rings (SSSR count). The van der Waals surface area contributed by atoms with Gasteiger partial charge in [-0.1, -0.05) is 0 Å². The number of halogens is 1. The molecule has 92 valence electrons. The van der Waals surface area contributed by atoms with Crippen molar-refractivity contribution in [2.45, 2.75) is 24.8 Å². The maximum Gasteiger partial charge on any atom is 0.210 e. The van der Waals surface area contributed by atoms with E-state index in [1.807, 2.05) is 0 Å². The summed E-state index contributed by atoms with van der Waals surface area (Å²) in [5.41, 5.74) is 6.18. The van der Waals surface area contributed by atoms with Crippen molar-refractivity contribution < 1.29 is 19.0 Å². The fourth-order valence-corrected chi connectivity index (χ4v) is 2.04. The summed E-state index contributed by atoms with van der Waals surface area (Å²) in [5, 5.41) is 9.78. The molecule has 1 aromatic carbocycles. The highest BCUT2D eigenvalue weighted by molar-refractivity contribution is 5.53. The molecule has 0 radical (unpaired) electrons. The van der Waals surface area contributed by atoms with Crippen LogP contribution in [0, 0.1) is 5.82 Å². The van der Waals surface area contributed by atoms with E-state index >= 15 is 0 Å².